The van der Waals surface area contributed by atoms with Crippen LogP contribution in [0.1, 0.15) is 80.1 Å². The largest absolute Gasteiger partial charge is 0.458 e. The quantitative estimate of drug-likeness (QED) is 0.128. The van der Waals surface area contributed by atoms with E-state index in [1.165, 1.54) is 0 Å². The number of ether oxygens (including phenoxy) is 3. The van der Waals surface area contributed by atoms with Gasteiger partial charge in [0.2, 0.25) is 0 Å². The van der Waals surface area contributed by atoms with Gasteiger partial charge >= 0.3 is 12.1 Å². The summed E-state index contributed by atoms with van der Waals surface area (Å²) >= 11 is 0. The maximum Gasteiger partial charge on any atom is 0.410 e. The molecule has 0 radical (unpaired) electrons. The van der Waals surface area contributed by atoms with Crippen LogP contribution >= 0.6 is 0 Å². The first-order valence-electron chi connectivity index (χ1n) is 18.5. The number of nitrogens with two attached hydrogens (primary N) is 1. The molecule has 3 aliphatic rings. The van der Waals surface area contributed by atoms with E-state index in [1.807, 2.05) is 68.7 Å². The Morgan fingerprint density at radius 3 is 2.50 bits per heavy atom. The summed E-state index contributed by atoms with van der Waals surface area (Å²) in [6.45, 7) is 13.4. The number of nitrogen functional groups attached to an aromatic ring is 1. The summed E-state index contributed by atoms with van der Waals surface area (Å²) in [6.07, 6.45) is 5.52. The zero-order valence-electron chi connectivity index (χ0n) is 31.2. The maximum atomic E-state index is 13.8. The van der Waals surface area contributed by atoms with Gasteiger partial charge in [0.05, 0.1) is 17.8 Å². The molecule has 2 saturated heterocycles. The van der Waals surface area contributed by atoms with E-state index >= 15 is 0 Å². The number of esters is 1. The van der Waals surface area contributed by atoms with Crippen LogP contribution < -0.4 is 11.1 Å². The lowest BCUT2D eigenvalue weighted by molar-refractivity contribution is -0.170. The Hall–Kier alpha value is -3.45. The van der Waals surface area contributed by atoms with E-state index < -0.39 is 41.2 Å². The zero-order chi connectivity index (χ0) is 36.4. The number of amides is 1. The number of Topliss-reactive ketones (excluding diaryl/α,β-unsaturated/α-hetero) is 1. The number of aryl methyl sites for hydroxylation is 1. The monoisotopic (exact) mass is 692 g/mol. The number of aromatic nitrogens is 3. The second-order valence-electron chi connectivity index (χ2n) is 15.5. The first kappa shape index (κ1) is 37.8. The molecule has 1 unspecified atom stereocenters. The third-order valence-electron chi connectivity index (χ3n) is 11.8. The third-order valence-corrected chi connectivity index (χ3v) is 11.8. The molecule has 2 aliphatic heterocycles. The average Bonchev–Trinajstić information content (AvgIpc) is 3.76. The summed E-state index contributed by atoms with van der Waals surface area (Å²) in [7, 11) is 3.74. The minimum atomic E-state index is -1.12. The van der Waals surface area contributed by atoms with Crippen LogP contribution in [-0.2, 0) is 30.3 Å². The van der Waals surface area contributed by atoms with Crippen molar-refractivity contribution in [3.05, 3.63) is 30.5 Å². The number of hydrogen-bond acceptors (Lipinski definition) is 10. The lowest BCUT2D eigenvalue weighted by Crippen LogP contribution is -2.62. The molecule has 12 nitrogen and oxygen atoms in total. The van der Waals surface area contributed by atoms with Crippen LogP contribution in [0.2, 0.25) is 5.82 Å². The number of nitrogens with zero attached hydrogens (tertiary/aromatic N) is 4. The Morgan fingerprint density at radius 1 is 1.12 bits per heavy atom. The molecule has 1 amide bonds. The topological polar surface area (TPSA) is 151 Å². The van der Waals surface area contributed by atoms with E-state index in [-0.39, 0.29) is 29.6 Å². The van der Waals surface area contributed by atoms with Crippen molar-refractivity contribution in [2.24, 2.45) is 23.7 Å². The summed E-state index contributed by atoms with van der Waals surface area (Å²) in [4.78, 5) is 43.1. The van der Waals surface area contributed by atoms with E-state index in [2.05, 4.69) is 29.5 Å². The minimum absolute atomic E-state index is 0.0628. The first-order chi connectivity index (χ1) is 23.7. The van der Waals surface area contributed by atoms with Gasteiger partial charge in [-0.3, -0.25) is 19.2 Å². The average molecular weight is 693 g/mol. The molecule has 3 fully saturated rings. The number of ketones is 1. The van der Waals surface area contributed by atoms with Crippen molar-refractivity contribution in [2.75, 3.05) is 25.9 Å². The molecule has 13 heteroatoms. The van der Waals surface area contributed by atoms with Crippen molar-refractivity contribution in [3.8, 4) is 11.3 Å². The number of anilines is 1. The highest BCUT2D eigenvalue weighted by molar-refractivity contribution is 6.15. The van der Waals surface area contributed by atoms with Crippen LogP contribution in [0.25, 0.3) is 11.3 Å². The SMILES string of the molecule is B[C@@H]1[C@@H](C)C(=O)[C@@H](C)C(=O)O[C@H](CC)[C@@]2(C)OC(=O)N(CCCCn3cc(-c4cccc(N)c4)nn3)[C@@H]2C(C2CC2)NC[C@H](C)C[C@@]1(C)OC. The molecule has 1 aromatic carbocycles. The highest BCUT2D eigenvalue weighted by Crippen LogP contribution is 2.45. The fourth-order valence-electron chi connectivity index (χ4n) is 8.24. The third kappa shape index (κ3) is 7.88. The second-order valence-corrected chi connectivity index (χ2v) is 15.5. The molecular weight excluding hydrogens is 635 g/mol. The highest BCUT2D eigenvalue weighted by atomic mass is 16.6. The molecule has 0 spiro atoms. The fourth-order valence-corrected chi connectivity index (χ4v) is 8.24. The van der Waals surface area contributed by atoms with Gasteiger partial charge in [-0.1, -0.05) is 38.1 Å². The molecule has 9 atom stereocenters. The molecule has 1 saturated carbocycles. The molecular formula is C37H57BN6O6. The Morgan fingerprint density at radius 2 is 1.84 bits per heavy atom. The van der Waals surface area contributed by atoms with E-state index in [9.17, 15) is 14.4 Å². The van der Waals surface area contributed by atoms with Crippen molar-refractivity contribution in [1.82, 2.24) is 25.2 Å². The van der Waals surface area contributed by atoms with Gasteiger partial charge in [0, 0.05) is 43.4 Å². The van der Waals surface area contributed by atoms with Crippen LogP contribution in [0.3, 0.4) is 0 Å². The number of fused-ring (bicyclic) bond motifs is 1. The van der Waals surface area contributed by atoms with Crippen LogP contribution in [-0.4, -0.2) is 95.2 Å². The lowest BCUT2D eigenvalue weighted by Gasteiger charge is -2.42. The van der Waals surface area contributed by atoms with Crippen LogP contribution in [0.15, 0.2) is 30.5 Å². The van der Waals surface area contributed by atoms with Crippen molar-refractivity contribution >= 4 is 31.4 Å². The van der Waals surface area contributed by atoms with Gasteiger partial charge in [0.1, 0.15) is 31.3 Å². The second kappa shape index (κ2) is 15.4. The Kier molecular flexibility index (Phi) is 11.7. The summed E-state index contributed by atoms with van der Waals surface area (Å²) in [5, 5.41) is 12.5. The molecule has 50 heavy (non-hydrogen) atoms. The maximum absolute atomic E-state index is 13.8. The van der Waals surface area contributed by atoms with Crippen molar-refractivity contribution in [1.29, 1.82) is 0 Å². The lowest BCUT2D eigenvalue weighted by atomic mass is 9.62. The molecule has 3 heterocycles. The van der Waals surface area contributed by atoms with Gasteiger partial charge in [0.25, 0.3) is 0 Å². The Bertz CT molecular complexity index is 1520. The number of rotatable bonds is 9. The van der Waals surface area contributed by atoms with Gasteiger partial charge < -0.3 is 25.3 Å². The van der Waals surface area contributed by atoms with E-state index in [1.54, 1.807) is 14.0 Å². The van der Waals surface area contributed by atoms with Gasteiger partial charge in [-0.15, -0.1) is 5.10 Å². The van der Waals surface area contributed by atoms with E-state index in [0.717, 1.165) is 36.9 Å². The summed E-state index contributed by atoms with van der Waals surface area (Å²) < 4.78 is 20.4. The molecule has 274 valence electrons. The number of carbonyl (C=O) groups is 3. The standard InChI is InChI=1S/C37H57BN6O6/c1-8-29-37(6)33(44(35(47)50-37)17-10-9-16-43-21-28(41-42-43)26-12-11-13-27(39)18-26)30(25-14-15-25)40-20-22(2)19-36(5,48-7)32(38)23(3)31(45)24(4)34(46)49-29/h11-13,18,21-25,29-30,32-33,40H,8-10,14-17,19-20,38-39H2,1-7H3/t22-,23+,24-,29-,30?,32-,33-,36-,37-/m1/s1. The zero-order valence-corrected chi connectivity index (χ0v) is 31.2. The van der Waals surface area contributed by atoms with Crippen LogP contribution in [0.5, 0.6) is 0 Å². The highest BCUT2D eigenvalue weighted by Gasteiger charge is 2.61. The number of cyclic esters (lactones) is 1. The number of unbranched alkanes of at least 4 members (excludes halogenated alkanes) is 1. The predicted octanol–water partition coefficient (Wildman–Crippen LogP) is 4.28. The number of carbonyl (C=O) groups excluding carboxylic acids is 3. The molecule has 1 aliphatic carbocycles. The predicted molar refractivity (Wildman–Crippen MR) is 194 cm³/mol. The molecule has 2 aromatic rings. The van der Waals surface area contributed by atoms with Crippen LogP contribution in [0.4, 0.5) is 10.5 Å². The molecule has 0 bridgehead atoms. The van der Waals surface area contributed by atoms with Gasteiger partial charge in [-0.25, -0.2) is 4.79 Å². The normalized spacial score (nSPS) is 34.4. The van der Waals surface area contributed by atoms with Crippen molar-refractivity contribution in [2.45, 2.75) is 122 Å². The number of methoxy groups -OCH3 is 1. The van der Waals surface area contributed by atoms with Gasteiger partial charge in [0.15, 0.2) is 5.60 Å². The number of benzene rings is 1. The van der Waals surface area contributed by atoms with Gasteiger partial charge in [-0.2, -0.15) is 0 Å². The molecule has 3 N–H and O–H groups in total. The smallest absolute Gasteiger partial charge is 0.410 e. The van der Waals surface area contributed by atoms with E-state index in [4.69, 9.17) is 19.9 Å². The van der Waals surface area contributed by atoms with Gasteiger partial charge in [-0.05, 0) is 95.6 Å². The van der Waals surface area contributed by atoms with E-state index in [0.29, 0.717) is 44.1 Å². The van der Waals surface area contributed by atoms with Crippen LogP contribution in [0, 0.1) is 23.7 Å². The molecule has 1 aromatic heterocycles. The van der Waals surface area contributed by atoms with Crippen molar-refractivity contribution < 1.29 is 28.6 Å². The number of nitrogens with one attached hydrogen (secondary N) is 1. The number of hydrogen-bond donors (Lipinski definition) is 2. The Balaban J connectivity index is 1.39. The summed E-state index contributed by atoms with van der Waals surface area (Å²) in [6, 6.07) is 7.12. The summed E-state index contributed by atoms with van der Waals surface area (Å²) in [5.41, 5.74) is 6.59. The fraction of sp³-hybridized carbons (Fsp3) is 0.703. The molecule has 5 rings (SSSR count). The minimum Gasteiger partial charge on any atom is -0.458 e. The summed E-state index contributed by atoms with van der Waals surface area (Å²) in [5.74, 6) is -1.69. The Labute approximate surface area is 297 Å². The van der Waals surface area contributed by atoms with Crippen molar-refractivity contribution in [3.63, 3.8) is 0 Å². The first-order valence-corrected chi connectivity index (χ1v) is 18.5.